The minimum atomic E-state index is -0.974. The second kappa shape index (κ2) is 11.2. The molecule has 3 N–H and O–H groups in total. The summed E-state index contributed by atoms with van der Waals surface area (Å²) in [6.07, 6.45) is 3.77. The normalized spacial score (nSPS) is 18.3. The number of aromatic carboxylic acids is 1. The number of furan rings is 1. The van der Waals surface area contributed by atoms with E-state index in [1.165, 1.54) is 10.6 Å². The van der Waals surface area contributed by atoms with E-state index in [0.29, 0.717) is 34.3 Å². The zero-order chi connectivity index (χ0) is 26.2. The Balaban J connectivity index is 0.00000308. The van der Waals surface area contributed by atoms with E-state index in [9.17, 15) is 9.90 Å². The van der Waals surface area contributed by atoms with Gasteiger partial charge in [-0.25, -0.2) is 4.79 Å². The molecule has 12 nitrogen and oxygen atoms in total. The first-order chi connectivity index (χ1) is 18.4. The van der Waals surface area contributed by atoms with Gasteiger partial charge in [-0.1, -0.05) is 11.6 Å². The molecule has 4 aromatic rings. The van der Waals surface area contributed by atoms with E-state index in [4.69, 9.17) is 21.8 Å². The number of carboxylic acids is 1. The zero-order valence-corrected chi connectivity index (χ0v) is 22.7. The van der Waals surface area contributed by atoms with Gasteiger partial charge in [-0.3, -0.25) is 4.90 Å². The summed E-state index contributed by atoms with van der Waals surface area (Å²) >= 11 is 6.39. The summed E-state index contributed by atoms with van der Waals surface area (Å²) in [5.41, 5.74) is 7.29. The van der Waals surface area contributed by atoms with Crippen LogP contribution in [0.4, 0.5) is 17.6 Å². The number of piperazine rings is 1. The second-order valence-electron chi connectivity index (χ2n) is 9.72. The maximum Gasteiger partial charge on any atom is 0.335 e. The van der Waals surface area contributed by atoms with E-state index in [2.05, 4.69) is 34.8 Å². The van der Waals surface area contributed by atoms with Gasteiger partial charge in [0, 0.05) is 45.8 Å². The van der Waals surface area contributed by atoms with Gasteiger partial charge in [0.15, 0.2) is 5.76 Å². The highest BCUT2D eigenvalue weighted by Gasteiger charge is 2.27. The Hall–Kier alpha value is -3.61. The number of rotatable bonds is 6. The number of nitrogens with two attached hydrogens (primary N) is 1. The number of nitrogen functional groups attached to an aromatic ring is 1. The lowest BCUT2D eigenvalue weighted by Crippen LogP contribution is -2.50. The molecule has 0 bridgehead atoms. The number of fused-ring (bicyclic) bond motifs is 1. The van der Waals surface area contributed by atoms with Crippen molar-refractivity contribution >= 4 is 53.3 Å². The monoisotopic (exact) mass is 573 g/mol. The molecule has 0 aliphatic carbocycles. The van der Waals surface area contributed by atoms with Gasteiger partial charge in [0.1, 0.15) is 0 Å². The van der Waals surface area contributed by atoms with Gasteiger partial charge < -0.3 is 25.1 Å². The van der Waals surface area contributed by atoms with Crippen molar-refractivity contribution in [1.82, 2.24) is 29.5 Å². The minimum absolute atomic E-state index is 0. The highest BCUT2D eigenvalue weighted by atomic mass is 35.5. The lowest BCUT2D eigenvalue weighted by atomic mass is 9.97. The third kappa shape index (κ3) is 5.58. The molecular weight excluding hydrogens is 545 g/mol. The molecule has 0 saturated carbocycles. The molecule has 1 atom stereocenters. The van der Waals surface area contributed by atoms with Crippen LogP contribution in [0.15, 0.2) is 41.0 Å². The van der Waals surface area contributed by atoms with Crippen LogP contribution < -0.4 is 15.5 Å². The summed E-state index contributed by atoms with van der Waals surface area (Å²) in [5, 5.41) is 14.0. The Labute approximate surface area is 235 Å². The summed E-state index contributed by atoms with van der Waals surface area (Å²) in [6, 6.07) is 8.50. The largest absolute Gasteiger partial charge is 0.478 e. The molecule has 2 saturated heterocycles. The summed E-state index contributed by atoms with van der Waals surface area (Å²) in [7, 11) is 0. The topological polar surface area (TPSA) is 142 Å². The molecule has 6 rings (SSSR count). The third-order valence-electron chi connectivity index (χ3n) is 7.19. The van der Waals surface area contributed by atoms with Crippen molar-refractivity contribution in [3.63, 3.8) is 0 Å². The van der Waals surface area contributed by atoms with Crippen molar-refractivity contribution in [3.05, 3.63) is 47.2 Å². The number of anilines is 3. The fraction of sp³-hybridized carbons (Fsp3) is 0.400. The number of hydrogen-bond acceptors (Lipinski definition) is 10. The SMILES string of the molecule is Cl.Nc1nc(N2CCC[C@@H](CN3CCN(c4ccc(C(=O)O)cc4Cl)CC3)C2)nc2nc(-c3ccco3)nn12. The van der Waals surface area contributed by atoms with E-state index in [-0.39, 0.29) is 23.9 Å². The molecular formula is C25H29Cl2N9O3. The molecule has 39 heavy (non-hydrogen) atoms. The number of carbonyl (C=O) groups is 1. The number of halogens is 2. The molecule has 2 aliphatic rings. The fourth-order valence-corrected chi connectivity index (χ4v) is 5.57. The number of hydrogen-bond donors (Lipinski definition) is 2. The van der Waals surface area contributed by atoms with E-state index in [0.717, 1.165) is 64.3 Å². The van der Waals surface area contributed by atoms with Gasteiger partial charge in [0.2, 0.25) is 17.7 Å². The second-order valence-corrected chi connectivity index (χ2v) is 10.1. The van der Waals surface area contributed by atoms with Gasteiger partial charge in [-0.05, 0) is 49.1 Å². The Morgan fingerprint density at radius 2 is 1.92 bits per heavy atom. The highest BCUT2D eigenvalue weighted by Crippen LogP contribution is 2.29. The molecule has 3 aromatic heterocycles. The van der Waals surface area contributed by atoms with Gasteiger partial charge in [-0.2, -0.15) is 19.5 Å². The Kier molecular flexibility index (Phi) is 7.78. The third-order valence-corrected chi connectivity index (χ3v) is 7.49. The molecule has 1 aromatic carbocycles. The van der Waals surface area contributed by atoms with Crippen LogP contribution in [0.5, 0.6) is 0 Å². The smallest absolute Gasteiger partial charge is 0.335 e. The van der Waals surface area contributed by atoms with Crippen molar-refractivity contribution < 1.29 is 14.3 Å². The van der Waals surface area contributed by atoms with E-state index in [1.807, 2.05) is 0 Å². The van der Waals surface area contributed by atoms with E-state index < -0.39 is 5.97 Å². The average Bonchev–Trinajstić information content (AvgIpc) is 3.60. The lowest BCUT2D eigenvalue weighted by molar-refractivity contribution is 0.0697. The van der Waals surface area contributed by atoms with Gasteiger partial charge in [-0.15, -0.1) is 17.5 Å². The minimum Gasteiger partial charge on any atom is -0.478 e. The molecule has 14 heteroatoms. The molecule has 5 heterocycles. The van der Waals surface area contributed by atoms with Crippen LogP contribution in [-0.4, -0.2) is 86.4 Å². The van der Waals surface area contributed by atoms with Crippen molar-refractivity contribution in [1.29, 1.82) is 0 Å². The van der Waals surface area contributed by atoms with Crippen LogP contribution in [0.1, 0.15) is 23.2 Å². The predicted octanol–water partition coefficient (Wildman–Crippen LogP) is 3.17. The fourth-order valence-electron chi connectivity index (χ4n) is 5.27. The quantitative estimate of drug-likeness (QED) is 0.351. The maximum absolute atomic E-state index is 11.2. The van der Waals surface area contributed by atoms with Crippen molar-refractivity contribution in [2.45, 2.75) is 12.8 Å². The van der Waals surface area contributed by atoms with Crippen LogP contribution in [0.2, 0.25) is 5.02 Å². The number of benzene rings is 1. The number of nitrogens with zero attached hydrogens (tertiary/aromatic N) is 8. The van der Waals surface area contributed by atoms with Crippen molar-refractivity contribution in [3.8, 4) is 11.6 Å². The van der Waals surface area contributed by atoms with Gasteiger partial charge in [0.25, 0.3) is 5.78 Å². The average molecular weight is 574 g/mol. The molecule has 0 spiro atoms. The highest BCUT2D eigenvalue weighted by molar-refractivity contribution is 6.33. The Morgan fingerprint density at radius 1 is 1.10 bits per heavy atom. The molecule has 0 unspecified atom stereocenters. The van der Waals surface area contributed by atoms with Gasteiger partial charge in [0.05, 0.1) is 22.5 Å². The number of carboxylic acid groups (broad SMARTS) is 1. The van der Waals surface area contributed by atoms with Crippen molar-refractivity contribution in [2.24, 2.45) is 5.92 Å². The summed E-state index contributed by atoms with van der Waals surface area (Å²) < 4.78 is 6.83. The van der Waals surface area contributed by atoms with Crippen molar-refractivity contribution in [2.75, 3.05) is 61.3 Å². The summed E-state index contributed by atoms with van der Waals surface area (Å²) in [4.78, 5) is 31.8. The predicted molar refractivity (Wildman–Crippen MR) is 150 cm³/mol. The maximum atomic E-state index is 11.2. The molecule has 206 valence electrons. The van der Waals surface area contributed by atoms with Crippen LogP contribution >= 0.6 is 24.0 Å². The Morgan fingerprint density at radius 3 is 2.64 bits per heavy atom. The molecule has 0 radical (unpaired) electrons. The molecule has 0 amide bonds. The number of aromatic nitrogens is 5. The first-order valence-electron chi connectivity index (χ1n) is 12.6. The van der Waals surface area contributed by atoms with Gasteiger partial charge >= 0.3 is 5.97 Å². The number of piperidine rings is 1. The molecule has 2 fully saturated rings. The van der Waals surface area contributed by atoms with Crippen LogP contribution in [0.25, 0.3) is 17.4 Å². The van der Waals surface area contributed by atoms with E-state index in [1.54, 1.807) is 30.5 Å². The lowest BCUT2D eigenvalue weighted by Gasteiger charge is -2.40. The first kappa shape index (κ1) is 27.0. The van der Waals surface area contributed by atoms with Crippen LogP contribution in [0.3, 0.4) is 0 Å². The Bertz CT molecular complexity index is 1450. The van der Waals surface area contributed by atoms with Crippen LogP contribution in [0, 0.1) is 5.92 Å². The molecule has 2 aliphatic heterocycles. The first-order valence-corrected chi connectivity index (χ1v) is 13.0. The van der Waals surface area contributed by atoms with Crippen LogP contribution in [-0.2, 0) is 0 Å². The zero-order valence-electron chi connectivity index (χ0n) is 21.1. The summed E-state index contributed by atoms with van der Waals surface area (Å²) in [5.74, 6) is 1.68. The standard InChI is InChI=1S/C25H28ClN9O3.ClH/c26-18-13-17(22(36)37)5-6-19(18)33-10-8-32(9-11-33)14-16-3-1-7-34(15-16)24-29-23(27)35-25(30-24)28-21(31-35)20-4-2-12-38-20;/h2,4-6,12-13,16H,1,3,7-11,14-15H2,(H,36,37)(H2,27,28,29,30,31);1H/t16-;/m0./s1. The van der Waals surface area contributed by atoms with E-state index >= 15 is 0 Å². The summed E-state index contributed by atoms with van der Waals surface area (Å²) in [6.45, 7) is 6.20.